The van der Waals surface area contributed by atoms with E-state index in [1.54, 1.807) is 4.68 Å². The van der Waals surface area contributed by atoms with Crippen molar-refractivity contribution in [3.8, 4) is 5.69 Å². The number of fused-ring (bicyclic) bond motifs is 1. The van der Waals surface area contributed by atoms with Crippen molar-refractivity contribution in [2.75, 3.05) is 11.1 Å². The molecule has 6 nitrogen and oxygen atoms in total. The van der Waals surface area contributed by atoms with Crippen LogP contribution in [0, 0.1) is 6.92 Å². The minimum absolute atomic E-state index is 0.00928. The average Bonchev–Trinajstić information content (AvgIpc) is 3.30. The predicted octanol–water partition coefficient (Wildman–Crippen LogP) is 3.58. The van der Waals surface area contributed by atoms with Crippen LogP contribution < -0.4 is 5.32 Å². The molecule has 1 aliphatic carbocycles. The number of amides is 1. The minimum Gasteiger partial charge on any atom is -0.326 e. The van der Waals surface area contributed by atoms with Gasteiger partial charge in [0.1, 0.15) is 0 Å². The highest BCUT2D eigenvalue weighted by Crippen LogP contribution is 2.25. The summed E-state index contributed by atoms with van der Waals surface area (Å²) >= 11 is 1.48. The van der Waals surface area contributed by atoms with E-state index < -0.39 is 0 Å². The van der Waals surface area contributed by atoms with Crippen molar-refractivity contribution in [3.05, 3.63) is 59.2 Å². The molecule has 0 radical (unpaired) electrons. The number of rotatable bonds is 6. The number of nitrogens with one attached hydrogen (secondary N) is 1. The van der Waals surface area contributed by atoms with Gasteiger partial charge in [-0.15, -0.1) is 5.10 Å². The number of hydrogen-bond acceptors (Lipinski definition) is 5. The van der Waals surface area contributed by atoms with Gasteiger partial charge in [-0.2, -0.15) is 4.68 Å². The maximum Gasteiger partial charge on any atom is 0.225 e. The quantitative estimate of drug-likeness (QED) is 0.663. The number of hydrogen-bond donors (Lipinski definition) is 1. The zero-order chi connectivity index (χ0) is 18.6. The van der Waals surface area contributed by atoms with E-state index in [4.69, 9.17) is 0 Å². The van der Waals surface area contributed by atoms with Gasteiger partial charge in [-0.05, 0) is 77.6 Å². The summed E-state index contributed by atoms with van der Waals surface area (Å²) in [6.07, 6.45) is 3.87. The summed E-state index contributed by atoms with van der Waals surface area (Å²) in [6, 6.07) is 14.2. The molecule has 0 bridgehead atoms. The Hall–Kier alpha value is -2.67. The summed E-state index contributed by atoms with van der Waals surface area (Å²) in [6.45, 7) is 2.03. The fraction of sp³-hybridized carbons (Fsp3) is 0.300. The molecular formula is C20H21N5OS. The van der Waals surface area contributed by atoms with Gasteiger partial charge in [0, 0.05) is 17.9 Å². The Balaban J connectivity index is 1.33. The lowest BCUT2D eigenvalue weighted by molar-refractivity contribution is -0.115. The first-order valence-corrected chi connectivity index (χ1v) is 10.1. The van der Waals surface area contributed by atoms with E-state index in [0.717, 1.165) is 29.8 Å². The summed E-state index contributed by atoms with van der Waals surface area (Å²) in [5, 5.41) is 15.6. The maximum atomic E-state index is 12.3. The molecule has 0 atom stereocenters. The summed E-state index contributed by atoms with van der Waals surface area (Å²) in [4.78, 5) is 12.3. The van der Waals surface area contributed by atoms with Gasteiger partial charge in [-0.25, -0.2) is 0 Å². The molecule has 1 amide bonds. The lowest BCUT2D eigenvalue weighted by Gasteiger charge is -2.08. The molecule has 0 spiro atoms. The molecule has 0 saturated heterocycles. The number of aryl methyl sites for hydroxylation is 3. The molecule has 7 heteroatoms. The monoisotopic (exact) mass is 379 g/mol. The van der Waals surface area contributed by atoms with Crippen molar-refractivity contribution >= 4 is 23.4 Å². The third-order valence-corrected chi connectivity index (χ3v) is 5.55. The van der Waals surface area contributed by atoms with Crippen LogP contribution in [0.5, 0.6) is 0 Å². The first kappa shape index (κ1) is 17.7. The fourth-order valence-electron chi connectivity index (χ4n) is 3.30. The third-order valence-electron chi connectivity index (χ3n) is 4.63. The van der Waals surface area contributed by atoms with E-state index in [9.17, 15) is 4.79 Å². The third kappa shape index (κ3) is 4.19. The van der Waals surface area contributed by atoms with Crippen LogP contribution in [0.3, 0.4) is 0 Å². The Morgan fingerprint density at radius 3 is 2.96 bits per heavy atom. The SMILES string of the molecule is Cc1cccc(-n2nnnc2SCCC(=O)Nc2ccc3c(c2)CCC3)c1. The van der Waals surface area contributed by atoms with Crippen molar-refractivity contribution in [3.63, 3.8) is 0 Å². The lowest BCUT2D eigenvalue weighted by Crippen LogP contribution is -2.12. The molecule has 0 unspecified atom stereocenters. The summed E-state index contributed by atoms with van der Waals surface area (Å²) in [5.41, 5.74) is 5.72. The van der Waals surface area contributed by atoms with Crippen LogP contribution >= 0.6 is 11.8 Å². The van der Waals surface area contributed by atoms with Crippen molar-refractivity contribution in [2.45, 2.75) is 37.8 Å². The predicted molar refractivity (Wildman–Crippen MR) is 106 cm³/mol. The Morgan fingerprint density at radius 2 is 2.07 bits per heavy atom. The van der Waals surface area contributed by atoms with E-state index in [1.807, 2.05) is 37.3 Å². The van der Waals surface area contributed by atoms with Crippen LogP contribution in [-0.4, -0.2) is 31.9 Å². The molecule has 138 valence electrons. The zero-order valence-electron chi connectivity index (χ0n) is 15.2. The van der Waals surface area contributed by atoms with E-state index in [1.165, 1.54) is 29.3 Å². The number of aromatic nitrogens is 4. The second kappa shape index (κ2) is 7.92. The molecule has 1 N–H and O–H groups in total. The van der Waals surface area contributed by atoms with Gasteiger partial charge in [0.05, 0.1) is 5.69 Å². The standard InChI is InChI=1S/C20H21N5OS/c1-14-4-2-7-18(12-14)25-20(22-23-24-25)27-11-10-19(26)21-17-9-8-15-5-3-6-16(15)13-17/h2,4,7-9,12-13H,3,5-6,10-11H2,1H3,(H,21,26). The Bertz CT molecular complexity index is 969. The molecule has 0 saturated carbocycles. The van der Waals surface area contributed by atoms with Gasteiger partial charge in [0.2, 0.25) is 11.1 Å². The first-order valence-electron chi connectivity index (χ1n) is 9.09. The van der Waals surface area contributed by atoms with Crippen LogP contribution in [0.2, 0.25) is 0 Å². The molecule has 0 aliphatic heterocycles. The lowest BCUT2D eigenvalue weighted by atomic mass is 10.1. The van der Waals surface area contributed by atoms with Crippen LogP contribution in [0.4, 0.5) is 5.69 Å². The number of carbonyl (C=O) groups is 1. The van der Waals surface area contributed by atoms with Gasteiger partial charge in [0.15, 0.2) is 0 Å². The van der Waals surface area contributed by atoms with Crippen molar-refractivity contribution in [1.29, 1.82) is 0 Å². The van der Waals surface area contributed by atoms with Crippen LogP contribution in [0.25, 0.3) is 5.69 Å². The minimum atomic E-state index is 0.00928. The number of carbonyl (C=O) groups excluding carboxylic acids is 1. The molecule has 3 aromatic rings. The number of benzene rings is 2. The smallest absolute Gasteiger partial charge is 0.225 e. The second-order valence-electron chi connectivity index (χ2n) is 6.70. The molecule has 1 aliphatic rings. The van der Waals surface area contributed by atoms with Crippen molar-refractivity contribution in [2.24, 2.45) is 0 Å². The van der Waals surface area contributed by atoms with Gasteiger partial charge in [-0.3, -0.25) is 4.79 Å². The van der Waals surface area contributed by atoms with Crippen LogP contribution in [-0.2, 0) is 17.6 Å². The highest BCUT2D eigenvalue weighted by Gasteiger charge is 2.13. The normalized spacial score (nSPS) is 12.8. The largest absolute Gasteiger partial charge is 0.326 e. The van der Waals surface area contributed by atoms with Gasteiger partial charge in [-0.1, -0.05) is 30.0 Å². The summed E-state index contributed by atoms with van der Waals surface area (Å²) < 4.78 is 1.70. The van der Waals surface area contributed by atoms with E-state index in [-0.39, 0.29) is 5.91 Å². The molecule has 0 fully saturated rings. The Kier molecular flexibility index (Phi) is 5.20. The highest BCUT2D eigenvalue weighted by molar-refractivity contribution is 7.99. The van der Waals surface area contributed by atoms with E-state index in [0.29, 0.717) is 17.3 Å². The van der Waals surface area contributed by atoms with Crippen LogP contribution in [0.1, 0.15) is 29.5 Å². The maximum absolute atomic E-state index is 12.3. The number of tetrazole rings is 1. The summed E-state index contributed by atoms with van der Waals surface area (Å²) in [5.74, 6) is 0.623. The van der Waals surface area contributed by atoms with Crippen molar-refractivity contribution in [1.82, 2.24) is 20.2 Å². The number of anilines is 1. The molecule has 4 rings (SSSR count). The van der Waals surface area contributed by atoms with Crippen molar-refractivity contribution < 1.29 is 4.79 Å². The Labute approximate surface area is 162 Å². The van der Waals surface area contributed by atoms with Gasteiger partial charge >= 0.3 is 0 Å². The molecule has 1 heterocycles. The molecule has 27 heavy (non-hydrogen) atoms. The number of thioether (sulfide) groups is 1. The van der Waals surface area contributed by atoms with E-state index in [2.05, 4.69) is 33.0 Å². The average molecular weight is 379 g/mol. The fourth-order valence-corrected chi connectivity index (χ4v) is 4.13. The number of nitrogens with zero attached hydrogens (tertiary/aromatic N) is 4. The second-order valence-corrected chi connectivity index (χ2v) is 7.76. The van der Waals surface area contributed by atoms with Gasteiger partial charge in [0.25, 0.3) is 0 Å². The summed E-state index contributed by atoms with van der Waals surface area (Å²) in [7, 11) is 0. The molecular weight excluding hydrogens is 358 g/mol. The van der Waals surface area contributed by atoms with E-state index >= 15 is 0 Å². The highest BCUT2D eigenvalue weighted by atomic mass is 32.2. The molecule has 2 aromatic carbocycles. The van der Waals surface area contributed by atoms with Crippen LogP contribution in [0.15, 0.2) is 47.6 Å². The topological polar surface area (TPSA) is 72.7 Å². The first-order chi connectivity index (χ1) is 13.2. The zero-order valence-corrected chi connectivity index (χ0v) is 16.0. The van der Waals surface area contributed by atoms with Gasteiger partial charge < -0.3 is 5.32 Å². The molecule has 1 aromatic heterocycles. The Morgan fingerprint density at radius 1 is 1.19 bits per heavy atom.